The van der Waals surface area contributed by atoms with Crippen molar-refractivity contribution in [2.24, 2.45) is 5.92 Å². The van der Waals surface area contributed by atoms with Gasteiger partial charge in [-0.3, -0.25) is 0 Å². The predicted molar refractivity (Wildman–Crippen MR) is 67.3 cm³/mol. The second kappa shape index (κ2) is 5.69. The molecule has 0 aromatic heterocycles. The third-order valence-electron chi connectivity index (χ3n) is 3.26. The Morgan fingerprint density at radius 1 is 1.53 bits per heavy atom. The number of nitrogens with one attached hydrogen (secondary N) is 1. The third kappa shape index (κ3) is 2.90. The summed E-state index contributed by atoms with van der Waals surface area (Å²) >= 11 is 5.81. The standard InChI is InChI=1S/C13H17ClFNO/c1-17-12-5-4-11(14)13(15)10(12)7-9-3-2-6-16-8-9/h4-5,9,16H,2-3,6-8H2,1H3. The van der Waals surface area contributed by atoms with E-state index in [1.165, 1.54) is 0 Å². The van der Waals surface area contributed by atoms with Crippen molar-refractivity contribution in [3.63, 3.8) is 0 Å². The molecule has 0 saturated carbocycles. The Morgan fingerprint density at radius 2 is 2.35 bits per heavy atom. The number of methoxy groups -OCH3 is 1. The molecule has 0 aliphatic carbocycles. The summed E-state index contributed by atoms with van der Waals surface area (Å²) in [6.45, 7) is 2.00. The summed E-state index contributed by atoms with van der Waals surface area (Å²) in [4.78, 5) is 0. The van der Waals surface area contributed by atoms with E-state index < -0.39 is 0 Å². The first-order chi connectivity index (χ1) is 8.22. The molecule has 1 atom stereocenters. The minimum atomic E-state index is -0.336. The van der Waals surface area contributed by atoms with Gasteiger partial charge in [0.1, 0.15) is 11.6 Å². The fraction of sp³-hybridized carbons (Fsp3) is 0.538. The van der Waals surface area contributed by atoms with Gasteiger partial charge >= 0.3 is 0 Å². The summed E-state index contributed by atoms with van der Waals surface area (Å²) in [6, 6.07) is 3.27. The maximum Gasteiger partial charge on any atom is 0.148 e. The highest BCUT2D eigenvalue weighted by molar-refractivity contribution is 6.30. The van der Waals surface area contributed by atoms with Crippen molar-refractivity contribution < 1.29 is 9.13 Å². The molecular weight excluding hydrogens is 241 g/mol. The Hall–Kier alpha value is -0.800. The fourth-order valence-electron chi connectivity index (χ4n) is 2.34. The first kappa shape index (κ1) is 12.7. The number of hydrogen-bond acceptors (Lipinski definition) is 2. The van der Waals surface area contributed by atoms with E-state index in [4.69, 9.17) is 16.3 Å². The molecular formula is C13H17ClFNO. The van der Waals surface area contributed by atoms with Crippen molar-refractivity contribution in [1.29, 1.82) is 0 Å². The number of ether oxygens (including phenoxy) is 1. The van der Waals surface area contributed by atoms with Crippen molar-refractivity contribution >= 4 is 11.6 Å². The van der Waals surface area contributed by atoms with Crippen LogP contribution in [0.1, 0.15) is 18.4 Å². The van der Waals surface area contributed by atoms with E-state index in [0.29, 0.717) is 23.7 Å². The normalized spacial score (nSPS) is 20.3. The molecule has 2 rings (SSSR count). The molecule has 17 heavy (non-hydrogen) atoms. The highest BCUT2D eigenvalue weighted by Crippen LogP contribution is 2.30. The van der Waals surface area contributed by atoms with E-state index in [1.54, 1.807) is 19.2 Å². The summed E-state index contributed by atoms with van der Waals surface area (Å²) in [5.41, 5.74) is 0.605. The molecule has 1 aromatic carbocycles. The van der Waals surface area contributed by atoms with Crippen LogP contribution in [0.3, 0.4) is 0 Å². The second-order valence-electron chi connectivity index (χ2n) is 4.46. The van der Waals surface area contributed by atoms with Crippen molar-refractivity contribution in [2.75, 3.05) is 20.2 Å². The molecule has 0 spiro atoms. The van der Waals surface area contributed by atoms with Gasteiger partial charge in [-0.1, -0.05) is 11.6 Å². The van der Waals surface area contributed by atoms with Crippen LogP contribution in [0.25, 0.3) is 0 Å². The maximum atomic E-state index is 14.0. The van der Waals surface area contributed by atoms with Crippen LogP contribution in [0.15, 0.2) is 12.1 Å². The van der Waals surface area contributed by atoms with Gasteiger partial charge < -0.3 is 10.1 Å². The lowest BCUT2D eigenvalue weighted by atomic mass is 9.91. The van der Waals surface area contributed by atoms with E-state index in [2.05, 4.69) is 5.32 Å². The van der Waals surface area contributed by atoms with E-state index >= 15 is 0 Å². The summed E-state index contributed by atoms with van der Waals surface area (Å²) in [7, 11) is 1.56. The quantitative estimate of drug-likeness (QED) is 0.899. The average molecular weight is 258 g/mol. The smallest absolute Gasteiger partial charge is 0.148 e. The van der Waals surface area contributed by atoms with Gasteiger partial charge in [-0.15, -0.1) is 0 Å². The molecule has 1 heterocycles. The molecule has 0 radical (unpaired) electrons. The second-order valence-corrected chi connectivity index (χ2v) is 4.87. The lowest BCUT2D eigenvalue weighted by molar-refractivity contribution is 0.358. The number of halogens is 2. The SMILES string of the molecule is COc1ccc(Cl)c(F)c1CC1CCCNC1. The lowest BCUT2D eigenvalue weighted by Crippen LogP contribution is -2.31. The van der Waals surface area contributed by atoms with E-state index in [9.17, 15) is 4.39 Å². The van der Waals surface area contributed by atoms with Crippen LogP contribution in [0.2, 0.25) is 5.02 Å². The van der Waals surface area contributed by atoms with Crippen molar-refractivity contribution in [3.05, 3.63) is 28.5 Å². The minimum Gasteiger partial charge on any atom is -0.496 e. The highest BCUT2D eigenvalue weighted by atomic mass is 35.5. The van der Waals surface area contributed by atoms with Crippen LogP contribution in [0, 0.1) is 11.7 Å². The molecule has 1 unspecified atom stereocenters. The van der Waals surface area contributed by atoms with Gasteiger partial charge in [0.15, 0.2) is 0 Å². The molecule has 1 aliphatic heterocycles. The Labute approximate surface area is 106 Å². The Bertz CT molecular complexity index is 391. The van der Waals surface area contributed by atoms with Gasteiger partial charge in [0.05, 0.1) is 12.1 Å². The van der Waals surface area contributed by atoms with Gasteiger partial charge in [-0.05, 0) is 50.4 Å². The predicted octanol–water partition coefficient (Wildman–Crippen LogP) is 3.03. The monoisotopic (exact) mass is 257 g/mol. The summed E-state index contributed by atoms with van der Waals surface area (Å²) < 4.78 is 19.2. The van der Waals surface area contributed by atoms with Crippen LogP contribution < -0.4 is 10.1 Å². The number of rotatable bonds is 3. The minimum absolute atomic E-state index is 0.171. The van der Waals surface area contributed by atoms with Crippen LogP contribution in [0.5, 0.6) is 5.75 Å². The Kier molecular flexibility index (Phi) is 4.24. The van der Waals surface area contributed by atoms with E-state index in [-0.39, 0.29) is 10.8 Å². The largest absolute Gasteiger partial charge is 0.496 e. The van der Waals surface area contributed by atoms with Crippen LogP contribution in [-0.2, 0) is 6.42 Å². The number of hydrogen-bond donors (Lipinski definition) is 1. The Morgan fingerprint density at radius 3 is 3.00 bits per heavy atom. The molecule has 2 nitrogen and oxygen atoms in total. The molecule has 1 aliphatic rings. The molecule has 1 saturated heterocycles. The van der Waals surface area contributed by atoms with Crippen molar-refractivity contribution in [1.82, 2.24) is 5.32 Å². The first-order valence-corrected chi connectivity index (χ1v) is 6.31. The summed E-state index contributed by atoms with van der Waals surface area (Å²) in [5, 5.41) is 3.50. The first-order valence-electron chi connectivity index (χ1n) is 5.94. The molecule has 1 N–H and O–H groups in total. The van der Waals surface area contributed by atoms with Crippen molar-refractivity contribution in [2.45, 2.75) is 19.3 Å². The maximum absolute atomic E-state index is 14.0. The zero-order chi connectivity index (χ0) is 12.3. The Balaban J connectivity index is 2.20. The molecule has 0 bridgehead atoms. The van der Waals surface area contributed by atoms with E-state index in [0.717, 1.165) is 25.9 Å². The zero-order valence-electron chi connectivity index (χ0n) is 9.93. The van der Waals surface area contributed by atoms with Gasteiger partial charge in [-0.25, -0.2) is 4.39 Å². The molecule has 1 fully saturated rings. The lowest BCUT2D eigenvalue weighted by Gasteiger charge is -2.23. The number of benzene rings is 1. The van der Waals surface area contributed by atoms with Crippen LogP contribution in [0.4, 0.5) is 4.39 Å². The average Bonchev–Trinajstić information content (AvgIpc) is 2.37. The molecule has 94 valence electrons. The van der Waals surface area contributed by atoms with Crippen LogP contribution in [-0.4, -0.2) is 20.2 Å². The third-order valence-corrected chi connectivity index (χ3v) is 3.56. The molecule has 0 amide bonds. The highest BCUT2D eigenvalue weighted by Gasteiger charge is 2.19. The van der Waals surface area contributed by atoms with Gasteiger partial charge in [0.2, 0.25) is 0 Å². The molecule has 1 aromatic rings. The molecule has 4 heteroatoms. The van der Waals surface area contributed by atoms with Crippen LogP contribution >= 0.6 is 11.6 Å². The van der Waals surface area contributed by atoms with Gasteiger partial charge in [-0.2, -0.15) is 0 Å². The fourth-order valence-corrected chi connectivity index (χ4v) is 2.52. The zero-order valence-corrected chi connectivity index (χ0v) is 10.7. The summed E-state index contributed by atoms with van der Waals surface area (Å²) in [5.74, 6) is 0.722. The van der Waals surface area contributed by atoms with Gasteiger partial charge in [0.25, 0.3) is 0 Å². The topological polar surface area (TPSA) is 21.3 Å². The van der Waals surface area contributed by atoms with Gasteiger partial charge in [0, 0.05) is 5.56 Å². The van der Waals surface area contributed by atoms with Crippen molar-refractivity contribution in [3.8, 4) is 5.75 Å². The van der Waals surface area contributed by atoms with E-state index in [1.807, 2.05) is 0 Å². The summed E-state index contributed by atoms with van der Waals surface area (Å²) in [6.07, 6.45) is 2.96. The number of piperidine rings is 1.